The number of benzene rings is 9. The Kier molecular flexibility index (Phi) is 8.75. The summed E-state index contributed by atoms with van der Waals surface area (Å²) in [6, 6.07) is 76.0. The topological polar surface area (TPSA) is 54.4 Å². The third-order valence-electron chi connectivity index (χ3n) is 11.1. The SMILES string of the molecule is c1ccc(Nc2ccccc2-c2cccc(N(c3ccc(-c4cccc5oc6cc7nc(-c8ccccc8)oc7cc6c45)cc3)c3cccc(-c4ccccc4)c3)c2)cc1. The van der Waals surface area contributed by atoms with E-state index in [2.05, 4.69) is 168 Å². The molecule has 0 atom stereocenters. The minimum atomic E-state index is 0.593. The van der Waals surface area contributed by atoms with Crippen LogP contribution in [0.15, 0.2) is 227 Å². The van der Waals surface area contributed by atoms with Crippen molar-refractivity contribution in [2.45, 2.75) is 0 Å². The van der Waals surface area contributed by atoms with Gasteiger partial charge in [0.15, 0.2) is 5.58 Å². The molecule has 0 aliphatic heterocycles. The van der Waals surface area contributed by atoms with Crippen LogP contribution in [0.4, 0.5) is 28.4 Å². The maximum absolute atomic E-state index is 6.46. The van der Waals surface area contributed by atoms with Gasteiger partial charge in [0.05, 0.1) is 0 Å². The second-order valence-electron chi connectivity index (χ2n) is 14.9. The Morgan fingerprint density at radius 2 is 1.00 bits per heavy atom. The van der Waals surface area contributed by atoms with Gasteiger partial charge >= 0.3 is 0 Å². The fourth-order valence-corrected chi connectivity index (χ4v) is 8.22. The quantitative estimate of drug-likeness (QED) is 0.158. The van der Waals surface area contributed by atoms with Crippen molar-refractivity contribution >= 4 is 61.5 Å². The highest BCUT2D eigenvalue weighted by Gasteiger charge is 2.19. The molecule has 1 N–H and O–H groups in total. The lowest BCUT2D eigenvalue weighted by atomic mass is 9.98. The van der Waals surface area contributed by atoms with E-state index in [1.807, 2.05) is 60.7 Å². The maximum atomic E-state index is 6.46. The van der Waals surface area contributed by atoms with Gasteiger partial charge in [-0.3, -0.25) is 0 Å². The normalized spacial score (nSPS) is 11.3. The monoisotopic (exact) mass is 771 g/mol. The van der Waals surface area contributed by atoms with Gasteiger partial charge in [0.2, 0.25) is 5.89 Å². The molecule has 2 aromatic heterocycles. The minimum absolute atomic E-state index is 0.593. The van der Waals surface area contributed by atoms with Crippen LogP contribution in [-0.2, 0) is 0 Å². The van der Waals surface area contributed by atoms with Gasteiger partial charge in [-0.25, -0.2) is 4.98 Å². The van der Waals surface area contributed by atoms with E-state index in [1.54, 1.807) is 0 Å². The average molecular weight is 772 g/mol. The van der Waals surface area contributed by atoms with E-state index < -0.39 is 0 Å². The van der Waals surface area contributed by atoms with Gasteiger partial charge in [0.25, 0.3) is 0 Å². The molecule has 0 aliphatic rings. The maximum Gasteiger partial charge on any atom is 0.227 e. The first-order chi connectivity index (χ1) is 29.7. The molecule has 60 heavy (non-hydrogen) atoms. The Morgan fingerprint density at radius 3 is 1.77 bits per heavy atom. The first-order valence-electron chi connectivity index (χ1n) is 20.1. The first kappa shape index (κ1) is 35.0. The number of hydrogen-bond acceptors (Lipinski definition) is 5. The standard InChI is InChI=1S/C55H37N3O2/c1-4-15-37(16-5-1)40-19-12-23-44(33-40)58(45-24-13-20-41(34-45)46-25-10-11-27-49(46)56-42-21-8-3-9-22-42)43-31-29-38(30-32-43)47-26-14-28-51-54(47)48-35-53-50(36-52(48)59-51)57-55(60-53)39-17-6-2-7-18-39/h1-36,56H. The van der Waals surface area contributed by atoms with E-state index in [0.717, 1.165) is 94.9 Å². The number of rotatable bonds is 9. The fraction of sp³-hybridized carbons (Fsp3) is 0. The summed E-state index contributed by atoms with van der Waals surface area (Å²) in [7, 11) is 0. The van der Waals surface area contributed by atoms with Crippen LogP contribution in [0.5, 0.6) is 0 Å². The molecule has 5 heteroatoms. The zero-order valence-electron chi connectivity index (χ0n) is 32.5. The molecule has 0 aliphatic carbocycles. The zero-order chi connectivity index (χ0) is 39.8. The van der Waals surface area contributed by atoms with E-state index in [4.69, 9.17) is 13.8 Å². The van der Waals surface area contributed by atoms with Crippen molar-refractivity contribution in [3.63, 3.8) is 0 Å². The summed E-state index contributed by atoms with van der Waals surface area (Å²) >= 11 is 0. The summed E-state index contributed by atoms with van der Waals surface area (Å²) in [4.78, 5) is 7.13. The number of fused-ring (bicyclic) bond motifs is 4. The van der Waals surface area contributed by atoms with Crippen LogP contribution in [-0.4, -0.2) is 4.98 Å². The third kappa shape index (κ3) is 6.54. The van der Waals surface area contributed by atoms with E-state index in [9.17, 15) is 0 Å². The van der Waals surface area contributed by atoms with E-state index in [1.165, 1.54) is 5.56 Å². The van der Waals surface area contributed by atoms with Gasteiger partial charge in [-0.15, -0.1) is 0 Å². The molecule has 0 amide bonds. The van der Waals surface area contributed by atoms with Crippen molar-refractivity contribution in [1.29, 1.82) is 0 Å². The molecule has 0 radical (unpaired) electrons. The molecule has 11 rings (SSSR count). The highest BCUT2D eigenvalue weighted by molar-refractivity contribution is 6.15. The second-order valence-corrected chi connectivity index (χ2v) is 14.9. The summed E-state index contributed by atoms with van der Waals surface area (Å²) in [5.74, 6) is 0.593. The van der Waals surface area contributed by atoms with Crippen LogP contribution in [0.1, 0.15) is 0 Å². The van der Waals surface area contributed by atoms with Crippen molar-refractivity contribution in [2.75, 3.05) is 10.2 Å². The molecule has 9 aromatic carbocycles. The number of furan rings is 1. The number of hydrogen-bond donors (Lipinski definition) is 1. The summed E-state index contributed by atoms with van der Waals surface area (Å²) in [6.07, 6.45) is 0. The molecular formula is C55H37N3O2. The summed E-state index contributed by atoms with van der Waals surface area (Å²) in [5.41, 5.74) is 16.0. The smallest absolute Gasteiger partial charge is 0.227 e. The summed E-state index contributed by atoms with van der Waals surface area (Å²) in [5, 5.41) is 5.68. The summed E-state index contributed by atoms with van der Waals surface area (Å²) in [6.45, 7) is 0. The number of aromatic nitrogens is 1. The molecule has 0 bridgehead atoms. The lowest BCUT2D eigenvalue weighted by molar-refractivity contribution is 0.620. The molecular weight excluding hydrogens is 735 g/mol. The van der Waals surface area contributed by atoms with Crippen molar-refractivity contribution in [3.8, 4) is 44.8 Å². The first-order valence-corrected chi connectivity index (χ1v) is 20.1. The zero-order valence-corrected chi connectivity index (χ0v) is 32.5. The molecule has 11 aromatic rings. The summed E-state index contributed by atoms with van der Waals surface area (Å²) < 4.78 is 12.8. The van der Waals surface area contributed by atoms with Gasteiger partial charge in [-0.2, -0.15) is 0 Å². The van der Waals surface area contributed by atoms with Gasteiger partial charge in [-0.1, -0.05) is 133 Å². The van der Waals surface area contributed by atoms with Gasteiger partial charge in [0, 0.05) is 56.4 Å². The van der Waals surface area contributed by atoms with E-state index in [0.29, 0.717) is 5.89 Å². The Morgan fingerprint density at radius 1 is 0.383 bits per heavy atom. The van der Waals surface area contributed by atoms with Crippen molar-refractivity contribution in [2.24, 2.45) is 0 Å². The highest BCUT2D eigenvalue weighted by atomic mass is 16.4. The number of oxazole rings is 1. The number of anilines is 5. The Balaban J connectivity index is 1.01. The minimum Gasteiger partial charge on any atom is -0.456 e. The van der Waals surface area contributed by atoms with Gasteiger partial charge in [0.1, 0.15) is 16.7 Å². The van der Waals surface area contributed by atoms with Crippen molar-refractivity contribution in [3.05, 3.63) is 218 Å². The van der Waals surface area contributed by atoms with Crippen molar-refractivity contribution < 1.29 is 8.83 Å². The predicted molar refractivity (Wildman–Crippen MR) is 247 cm³/mol. The largest absolute Gasteiger partial charge is 0.456 e. The van der Waals surface area contributed by atoms with Crippen LogP contribution in [0, 0.1) is 0 Å². The fourth-order valence-electron chi connectivity index (χ4n) is 8.22. The lowest BCUT2D eigenvalue weighted by Gasteiger charge is -2.27. The molecule has 0 fully saturated rings. The van der Waals surface area contributed by atoms with Crippen LogP contribution >= 0.6 is 0 Å². The molecule has 0 saturated heterocycles. The van der Waals surface area contributed by atoms with Crippen molar-refractivity contribution in [1.82, 2.24) is 4.98 Å². The Hall–Kier alpha value is -8.15. The molecule has 2 heterocycles. The average Bonchev–Trinajstić information content (AvgIpc) is 3.91. The van der Waals surface area contributed by atoms with Gasteiger partial charge in [-0.05, 0) is 107 Å². The Labute approximate surface area is 347 Å². The molecule has 0 saturated carbocycles. The van der Waals surface area contributed by atoms with Crippen LogP contribution in [0.25, 0.3) is 77.9 Å². The number of nitrogens with zero attached hydrogens (tertiary/aromatic N) is 2. The second kappa shape index (κ2) is 15.0. The molecule has 284 valence electrons. The number of nitrogens with one attached hydrogen (secondary N) is 1. The molecule has 0 unspecified atom stereocenters. The Bertz CT molecular complexity index is 3280. The molecule has 0 spiro atoms. The lowest BCUT2D eigenvalue weighted by Crippen LogP contribution is -2.10. The third-order valence-corrected chi connectivity index (χ3v) is 11.1. The van der Waals surface area contributed by atoms with Crippen LogP contribution in [0.2, 0.25) is 0 Å². The predicted octanol–water partition coefficient (Wildman–Crippen LogP) is 15.6. The van der Waals surface area contributed by atoms with Gasteiger partial charge < -0.3 is 19.1 Å². The van der Waals surface area contributed by atoms with E-state index in [-0.39, 0.29) is 0 Å². The van der Waals surface area contributed by atoms with E-state index >= 15 is 0 Å². The molecule has 5 nitrogen and oxygen atoms in total. The van der Waals surface area contributed by atoms with Crippen LogP contribution < -0.4 is 10.2 Å². The highest BCUT2D eigenvalue weighted by Crippen LogP contribution is 2.43. The number of para-hydroxylation sites is 2. The van der Waals surface area contributed by atoms with Crippen LogP contribution in [0.3, 0.4) is 0 Å².